The maximum atomic E-state index is 5.68. The van der Waals surface area contributed by atoms with Crippen LogP contribution in [0.4, 0.5) is 0 Å². The van der Waals surface area contributed by atoms with E-state index in [4.69, 9.17) is 27.4 Å². The SMILES string of the molecule is COc1cc(CN(C)CCOCC2CC2)ccc1C(N)=S. The fourth-order valence-corrected chi connectivity index (χ4v) is 2.35. The van der Waals surface area contributed by atoms with Gasteiger partial charge in [-0.2, -0.15) is 0 Å². The molecule has 0 saturated heterocycles. The van der Waals surface area contributed by atoms with Crippen LogP contribution in [0.15, 0.2) is 18.2 Å². The fourth-order valence-electron chi connectivity index (χ4n) is 2.18. The van der Waals surface area contributed by atoms with Crippen LogP contribution in [0.25, 0.3) is 0 Å². The Morgan fingerprint density at radius 1 is 1.43 bits per heavy atom. The van der Waals surface area contributed by atoms with Gasteiger partial charge in [0.1, 0.15) is 10.7 Å². The summed E-state index contributed by atoms with van der Waals surface area (Å²) in [5.41, 5.74) is 7.64. The number of hydrogen-bond acceptors (Lipinski definition) is 4. The Hall–Kier alpha value is -1.17. The lowest BCUT2D eigenvalue weighted by Crippen LogP contribution is -2.23. The van der Waals surface area contributed by atoms with Crippen molar-refractivity contribution >= 4 is 17.2 Å². The van der Waals surface area contributed by atoms with E-state index in [1.54, 1.807) is 7.11 Å². The molecule has 21 heavy (non-hydrogen) atoms. The van der Waals surface area contributed by atoms with Crippen molar-refractivity contribution in [1.29, 1.82) is 0 Å². The lowest BCUT2D eigenvalue weighted by molar-refractivity contribution is 0.102. The second-order valence-electron chi connectivity index (χ2n) is 5.65. The third-order valence-corrected chi connectivity index (χ3v) is 3.87. The zero-order chi connectivity index (χ0) is 15.2. The van der Waals surface area contributed by atoms with Crippen LogP contribution in [0, 0.1) is 5.92 Å². The molecule has 4 nitrogen and oxygen atoms in total. The van der Waals surface area contributed by atoms with Gasteiger partial charge in [0, 0.05) is 19.7 Å². The van der Waals surface area contributed by atoms with Crippen molar-refractivity contribution in [2.24, 2.45) is 11.7 Å². The number of likely N-dealkylation sites (N-methyl/N-ethyl adjacent to an activating group) is 1. The summed E-state index contributed by atoms with van der Waals surface area (Å²) in [7, 11) is 3.73. The second-order valence-corrected chi connectivity index (χ2v) is 6.09. The van der Waals surface area contributed by atoms with E-state index in [9.17, 15) is 0 Å². The lowest BCUT2D eigenvalue weighted by Gasteiger charge is -2.18. The van der Waals surface area contributed by atoms with E-state index in [0.29, 0.717) is 4.99 Å². The number of nitrogens with zero attached hydrogens (tertiary/aromatic N) is 1. The number of benzene rings is 1. The average molecular weight is 308 g/mol. The number of thiocarbonyl (C=S) groups is 1. The molecule has 0 spiro atoms. The van der Waals surface area contributed by atoms with Crippen molar-refractivity contribution in [2.75, 3.05) is 33.9 Å². The van der Waals surface area contributed by atoms with Gasteiger partial charge >= 0.3 is 0 Å². The van der Waals surface area contributed by atoms with Crippen molar-refractivity contribution in [3.8, 4) is 5.75 Å². The van der Waals surface area contributed by atoms with Gasteiger partial charge in [0.25, 0.3) is 0 Å². The van der Waals surface area contributed by atoms with Gasteiger partial charge in [-0.3, -0.25) is 4.90 Å². The summed E-state index contributed by atoms with van der Waals surface area (Å²) in [4.78, 5) is 2.60. The number of hydrogen-bond donors (Lipinski definition) is 1. The minimum atomic E-state index is 0.361. The minimum Gasteiger partial charge on any atom is -0.496 e. The maximum Gasteiger partial charge on any atom is 0.129 e. The Morgan fingerprint density at radius 2 is 2.19 bits per heavy atom. The Kier molecular flexibility index (Phi) is 5.96. The molecule has 0 heterocycles. The van der Waals surface area contributed by atoms with Gasteiger partial charge in [-0.25, -0.2) is 0 Å². The molecule has 1 aliphatic rings. The third-order valence-electron chi connectivity index (χ3n) is 3.65. The van der Waals surface area contributed by atoms with Crippen molar-refractivity contribution in [3.63, 3.8) is 0 Å². The first-order chi connectivity index (χ1) is 10.1. The highest BCUT2D eigenvalue weighted by Crippen LogP contribution is 2.28. The molecule has 1 saturated carbocycles. The average Bonchev–Trinajstić information content (AvgIpc) is 3.27. The van der Waals surface area contributed by atoms with Crippen molar-refractivity contribution in [2.45, 2.75) is 19.4 Å². The monoisotopic (exact) mass is 308 g/mol. The summed E-state index contributed by atoms with van der Waals surface area (Å²) >= 11 is 5.01. The molecule has 0 amide bonds. The van der Waals surface area contributed by atoms with Crippen LogP contribution in [0.3, 0.4) is 0 Å². The summed E-state index contributed by atoms with van der Waals surface area (Å²) in [6.07, 6.45) is 2.68. The van der Waals surface area contributed by atoms with Crippen LogP contribution in [0.2, 0.25) is 0 Å². The highest BCUT2D eigenvalue weighted by atomic mass is 32.1. The van der Waals surface area contributed by atoms with Gasteiger partial charge in [-0.1, -0.05) is 18.3 Å². The van der Waals surface area contributed by atoms with E-state index >= 15 is 0 Å². The zero-order valence-corrected chi connectivity index (χ0v) is 13.6. The first-order valence-corrected chi connectivity index (χ1v) is 7.74. The highest BCUT2D eigenvalue weighted by Gasteiger charge is 2.20. The lowest BCUT2D eigenvalue weighted by atomic mass is 10.1. The molecule has 0 aromatic heterocycles. The molecular formula is C16H24N2O2S. The van der Waals surface area contributed by atoms with Crippen molar-refractivity contribution < 1.29 is 9.47 Å². The summed E-state index contributed by atoms with van der Waals surface area (Å²) in [6.45, 7) is 3.48. The number of methoxy groups -OCH3 is 1. The molecular weight excluding hydrogens is 284 g/mol. The van der Waals surface area contributed by atoms with E-state index in [0.717, 1.165) is 43.5 Å². The molecule has 2 rings (SSSR count). The molecule has 0 aliphatic heterocycles. The number of rotatable bonds is 9. The summed E-state index contributed by atoms with van der Waals surface area (Å²) in [6, 6.07) is 5.96. The van der Waals surface area contributed by atoms with E-state index in [1.165, 1.54) is 18.4 Å². The van der Waals surface area contributed by atoms with Gasteiger partial charge in [0.05, 0.1) is 19.3 Å². The van der Waals surface area contributed by atoms with Crippen LogP contribution in [-0.2, 0) is 11.3 Å². The van der Waals surface area contributed by atoms with Crippen LogP contribution in [-0.4, -0.2) is 43.8 Å². The molecule has 0 atom stereocenters. The van der Waals surface area contributed by atoms with Crippen molar-refractivity contribution in [3.05, 3.63) is 29.3 Å². The Labute approximate surface area is 132 Å². The van der Waals surface area contributed by atoms with E-state index in [-0.39, 0.29) is 0 Å². The normalized spacial score (nSPS) is 14.4. The smallest absolute Gasteiger partial charge is 0.129 e. The molecule has 2 N–H and O–H groups in total. The van der Waals surface area contributed by atoms with Gasteiger partial charge in [0.15, 0.2) is 0 Å². The molecule has 1 fully saturated rings. The first-order valence-electron chi connectivity index (χ1n) is 7.33. The Morgan fingerprint density at radius 3 is 2.81 bits per heavy atom. The quantitative estimate of drug-likeness (QED) is 0.560. The molecule has 0 bridgehead atoms. The molecule has 116 valence electrons. The largest absolute Gasteiger partial charge is 0.496 e. The molecule has 1 aliphatic carbocycles. The molecule has 1 aromatic rings. The maximum absolute atomic E-state index is 5.68. The van der Waals surface area contributed by atoms with Gasteiger partial charge in [-0.05, 0) is 43.5 Å². The predicted molar refractivity (Wildman–Crippen MR) is 88.8 cm³/mol. The van der Waals surface area contributed by atoms with E-state index in [2.05, 4.69) is 11.9 Å². The molecule has 0 radical (unpaired) electrons. The topological polar surface area (TPSA) is 47.7 Å². The summed E-state index contributed by atoms with van der Waals surface area (Å²) in [5, 5.41) is 0. The Bertz CT molecular complexity index is 489. The second kappa shape index (κ2) is 7.73. The standard InChI is InChI=1S/C16H24N2O2S/c1-18(7-8-20-11-12-3-4-12)10-13-5-6-14(16(17)21)15(9-13)19-2/h5-6,9,12H,3-4,7-8,10-11H2,1-2H3,(H2,17,21). The molecule has 1 aromatic carbocycles. The predicted octanol–water partition coefficient (Wildman–Crippen LogP) is 2.19. The van der Waals surface area contributed by atoms with Crippen LogP contribution < -0.4 is 10.5 Å². The first kappa shape index (κ1) is 16.2. The fraction of sp³-hybridized carbons (Fsp3) is 0.562. The molecule has 0 unspecified atom stereocenters. The van der Waals surface area contributed by atoms with Gasteiger partial charge in [-0.15, -0.1) is 0 Å². The van der Waals surface area contributed by atoms with Crippen LogP contribution in [0.5, 0.6) is 5.75 Å². The zero-order valence-electron chi connectivity index (χ0n) is 12.8. The van der Waals surface area contributed by atoms with E-state index < -0.39 is 0 Å². The summed E-state index contributed by atoms with van der Waals surface area (Å²) in [5.74, 6) is 1.56. The van der Waals surface area contributed by atoms with Gasteiger partial charge in [0.2, 0.25) is 0 Å². The Balaban J connectivity index is 1.81. The number of ether oxygens (including phenoxy) is 2. The molecule has 5 heteroatoms. The van der Waals surface area contributed by atoms with Crippen LogP contribution in [0.1, 0.15) is 24.0 Å². The third kappa shape index (κ3) is 5.26. The minimum absolute atomic E-state index is 0.361. The highest BCUT2D eigenvalue weighted by molar-refractivity contribution is 7.80. The van der Waals surface area contributed by atoms with Crippen LogP contribution >= 0.6 is 12.2 Å². The number of nitrogens with two attached hydrogens (primary N) is 1. The summed E-state index contributed by atoms with van der Waals surface area (Å²) < 4.78 is 11.0. The van der Waals surface area contributed by atoms with E-state index in [1.807, 2.05) is 18.2 Å². The van der Waals surface area contributed by atoms with Crippen molar-refractivity contribution in [1.82, 2.24) is 4.90 Å². The van der Waals surface area contributed by atoms with Gasteiger partial charge < -0.3 is 15.2 Å².